The molecule has 9 heteroatoms. The van der Waals surface area contributed by atoms with E-state index >= 15 is 0 Å². The molecule has 1 fully saturated rings. The van der Waals surface area contributed by atoms with Crippen LogP contribution in [-0.4, -0.2) is 61.7 Å². The van der Waals surface area contributed by atoms with Gasteiger partial charge in [0.2, 0.25) is 0 Å². The van der Waals surface area contributed by atoms with Gasteiger partial charge in [-0.05, 0) is 36.8 Å². The number of amides is 1. The lowest BCUT2D eigenvalue weighted by Crippen LogP contribution is -2.50. The number of sulfonamides is 1. The Labute approximate surface area is 168 Å². The summed E-state index contributed by atoms with van der Waals surface area (Å²) in [6.45, 7) is 4.10. The zero-order chi connectivity index (χ0) is 19.4. The van der Waals surface area contributed by atoms with Crippen molar-refractivity contribution in [2.45, 2.75) is 11.8 Å². The van der Waals surface area contributed by atoms with Crippen LogP contribution in [0.25, 0.3) is 0 Å². The quantitative estimate of drug-likeness (QED) is 0.561. The molecule has 2 heterocycles. The van der Waals surface area contributed by atoms with Gasteiger partial charge in [-0.25, -0.2) is 0 Å². The van der Waals surface area contributed by atoms with Crippen molar-refractivity contribution in [1.29, 1.82) is 0 Å². The highest BCUT2D eigenvalue weighted by molar-refractivity contribution is 8.13. The van der Waals surface area contributed by atoms with Gasteiger partial charge >= 0.3 is 0 Å². The van der Waals surface area contributed by atoms with Crippen molar-refractivity contribution in [3.63, 3.8) is 0 Å². The lowest BCUT2D eigenvalue weighted by molar-refractivity contribution is 0.0698. The van der Waals surface area contributed by atoms with E-state index in [2.05, 4.69) is 4.40 Å². The molecule has 0 atom stereocenters. The number of piperazine rings is 1. The highest BCUT2D eigenvalue weighted by Gasteiger charge is 2.25. The van der Waals surface area contributed by atoms with Crippen LogP contribution in [0.1, 0.15) is 15.2 Å². The Morgan fingerprint density at radius 3 is 2.26 bits per heavy atom. The van der Waals surface area contributed by atoms with Crippen LogP contribution >= 0.6 is 23.1 Å². The summed E-state index contributed by atoms with van der Waals surface area (Å²) in [5.74, 6) is 0.0274. The van der Waals surface area contributed by atoms with Crippen LogP contribution in [-0.2, 0) is 10.0 Å². The Balaban J connectivity index is 1.70. The molecule has 0 saturated carbocycles. The van der Waals surface area contributed by atoms with Crippen LogP contribution in [0.3, 0.4) is 0 Å². The number of carbonyl (C=O) groups is 1. The van der Waals surface area contributed by atoms with Gasteiger partial charge in [0.1, 0.15) is 0 Å². The first-order chi connectivity index (χ1) is 12.9. The Kier molecular flexibility index (Phi) is 6.23. The second kappa shape index (κ2) is 8.45. The molecule has 2 aromatic rings. The standard InChI is InChI=1S/C18H21N3O3S3/c1-14-5-7-15(8-6-14)27(23,24)19-18(25-2)21-11-9-20(10-12-21)17(22)16-4-3-13-26-16/h3-8,13H,9-12H2,1-2H3. The first-order valence-corrected chi connectivity index (χ1v) is 12.0. The molecule has 1 aromatic carbocycles. The van der Waals surface area contributed by atoms with Crippen molar-refractivity contribution in [2.75, 3.05) is 32.4 Å². The van der Waals surface area contributed by atoms with Crippen molar-refractivity contribution in [1.82, 2.24) is 9.80 Å². The average Bonchev–Trinajstić information content (AvgIpc) is 3.21. The number of nitrogens with zero attached hydrogens (tertiary/aromatic N) is 3. The van der Waals surface area contributed by atoms with Crippen LogP contribution < -0.4 is 0 Å². The van der Waals surface area contributed by atoms with Gasteiger partial charge in [-0.15, -0.1) is 15.7 Å². The number of hydrogen-bond acceptors (Lipinski definition) is 5. The maximum absolute atomic E-state index is 12.6. The molecule has 144 valence electrons. The van der Waals surface area contributed by atoms with Crippen LogP contribution in [0.5, 0.6) is 0 Å². The first kappa shape index (κ1) is 19.9. The summed E-state index contributed by atoms with van der Waals surface area (Å²) in [5.41, 5.74) is 0.995. The van der Waals surface area contributed by atoms with Crippen LogP contribution in [0.15, 0.2) is 51.1 Å². The van der Waals surface area contributed by atoms with Gasteiger partial charge in [-0.3, -0.25) is 4.79 Å². The number of aryl methyl sites for hydroxylation is 1. The van der Waals surface area contributed by atoms with E-state index in [4.69, 9.17) is 0 Å². The molecule has 1 aliphatic heterocycles. The van der Waals surface area contributed by atoms with E-state index in [1.165, 1.54) is 23.1 Å². The number of thiophene rings is 1. The molecule has 6 nitrogen and oxygen atoms in total. The molecule has 27 heavy (non-hydrogen) atoms. The first-order valence-electron chi connectivity index (χ1n) is 8.44. The van der Waals surface area contributed by atoms with E-state index in [9.17, 15) is 13.2 Å². The van der Waals surface area contributed by atoms with E-state index in [1.807, 2.05) is 35.6 Å². The highest BCUT2D eigenvalue weighted by Crippen LogP contribution is 2.19. The number of rotatable bonds is 3. The fraction of sp³-hybridized carbons (Fsp3) is 0.333. The zero-order valence-electron chi connectivity index (χ0n) is 15.2. The van der Waals surface area contributed by atoms with E-state index in [1.54, 1.807) is 29.2 Å². The third-order valence-corrected chi connectivity index (χ3v) is 7.24. The predicted molar refractivity (Wildman–Crippen MR) is 111 cm³/mol. The smallest absolute Gasteiger partial charge is 0.284 e. The highest BCUT2D eigenvalue weighted by atomic mass is 32.2. The van der Waals surface area contributed by atoms with Gasteiger partial charge < -0.3 is 9.80 Å². The van der Waals surface area contributed by atoms with Gasteiger partial charge in [-0.2, -0.15) is 8.42 Å². The maximum atomic E-state index is 12.6. The van der Waals surface area contributed by atoms with Gasteiger partial charge in [0, 0.05) is 26.2 Å². The molecule has 1 saturated heterocycles. The minimum absolute atomic E-state index is 0.0274. The normalized spacial score (nSPS) is 15.9. The molecular formula is C18H21N3O3S3. The summed E-state index contributed by atoms with van der Waals surface area (Å²) < 4.78 is 29.2. The largest absolute Gasteiger partial charge is 0.347 e. The second-order valence-electron chi connectivity index (χ2n) is 6.12. The molecule has 0 radical (unpaired) electrons. The van der Waals surface area contributed by atoms with Crippen molar-refractivity contribution in [3.05, 3.63) is 52.2 Å². The molecule has 0 spiro atoms. The molecule has 3 rings (SSSR count). The molecule has 0 N–H and O–H groups in total. The maximum Gasteiger partial charge on any atom is 0.284 e. The lowest BCUT2D eigenvalue weighted by Gasteiger charge is -2.35. The van der Waals surface area contributed by atoms with Crippen LogP contribution in [0, 0.1) is 6.92 Å². The number of benzene rings is 1. The topological polar surface area (TPSA) is 70.1 Å². The van der Waals surface area contributed by atoms with Crippen LogP contribution in [0.2, 0.25) is 0 Å². The lowest BCUT2D eigenvalue weighted by atomic mass is 10.2. The third kappa shape index (κ3) is 4.72. The Bertz CT molecular complexity index is 915. The van der Waals surface area contributed by atoms with E-state index in [0.29, 0.717) is 31.3 Å². The Morgan fingerprint density at radius 1 is 1.07 bits per heavy atom. The molecule has 1 amide bonds. The number of thioether (sulfide) groups is 1. The predicted octanol–water partition coefficient (Wildman–Crippen LogP) is 2.92. The number of carbonyl (C=O) groups excluding carboxylic acids is 1. The Morgan fingerprint density at radius 2 is 1.70 bits per heavy atom. The summed E-state index contributed by atoms with van der Waals surface area (Å²) in [7, 11) is -3.76. The SMILES string of the molecule is CSC(=NS(=O)(=O)c1ccc(C)cc1)N1CCN(C(=O)c2cccs2)CC1. The number of amidine groups is 1. The monoisotopic (exact) mass is 423 g/mol. The summed E-state index contributed by atoms with van der Waals surface area (Å²) in [5, 5.41) is 2.34. The van der Waals surface area contributed by atoms with Crippen molar-refractivity contribution < 1.29 is 13.2 Å². The van der Waals surface area contributed by atoms with Crippen LogP contribution in [0.4, 0.5) is 0 Å². The molecule has 0 aliphatic carbocycles. The van der Waals surface area contributed by atoms with E-state index < -0.39 is 10.0 Å². The van der Waals surface area contributed by atoms with Gasteiger partial charge in [0.15, 0.2) is 5.17 Å². The molecule has 1 aliphatic rings. The van der Waals surface area contributed by atoms with Gasteiger partial charge in [0.25, 0.3) is 15.9 Å². The van der Waals surface area contributed by atoms with Crippen molar-refractivity contribution in [3.8, 4) is 0 Å². The average molecular weight is 424 g/mol. The molecular weight excluding hydrogens is 402 g/mol. The summed E-state index contributed by atoms with van der Waals surface area (Å²) in [6.07, 6.45) is 1.81. The summed E-state index contributed by atoms with van der Waals surface area (Å²) in [6, 6.07) is 10.4. The fourth-order valence-electron chi connectivity index (χ4n) is 2.75. The third-order valence-electron chi connectivity index (χ3n) is 4.27. The summed E-state index contributed by atoms with van der Waals surface area (Å²) in [4.78, 5) is 17.1. The number of hydrogen-bond donors (Lipinski definition) is 0. The van der Waals surface area contributed by atoms with E-state index in [-0.39, 0.29) is 10.8 Å². The van der Waals surface area contributed by atoms with Gasteiger partial charge in [-0.1, -0.05) is 35.5 Å². The molecule has 0 unspecified atom stereocenters. The van der Waals surface area contributed by atoms with Crippen molar-refractivity contribution >= 4 is 44.2 Å². The fourth-order valence-corrected chi connectivity index (χ4v) is 5.38. The van der Waals surface area contributed by atoms with E-state index in [0.717, 1.165) is 10.4 Å². The molecule has 1 aromatic heterocycles. The second-order valence-corrected chi connectivity index (χ2v) is 9.45. The molecule has 0 bridgehead atoms. The zero-order valence-corrected chi connectivity index (χ0v) is 17.6. The summed E-state index contributed by atoms with van der Waals surface area (Å²) >= 11 is 2.73. The van der Waals surface area contributed by atoms with Gasteiger partial charge in [0.05, 0.1) is 9.77 Å². The Hall–Kier alpha value is -1.84. The van der Waals surface area contributed by atoms with Crippen molar-refractivity contribution in [2.24, 2.45) is 4.40 Å². The minimum Gasteiger partial charge on any atom is -0.347 e. The minimum atomic E-state index is -3.76.